The number of carboxylic acids is 1. The molecule has 1 aliphatic carbocycles. The van der Waals surface area contributed by atoms with Crippen LogP contribution < -0.4 is 0 Å². The van der Waals surface area contributed by atoms with E-state index in [4.69, 9.17) is 5.11 Å². The molecule has 0 radical (unpaired) electrons. The van der Waals surface area contributed by atoms with Gasteiger partial charge in [0.15, 0.2) is 0 Å². The van der Waals surface area contributed by atoms with Crippen LogP contribution in [0, 0.1) is 11.3 Å². The summed E-state index contributed by atoms with van der Waals surface area (Å²) in [6.45, 7) is 4.15. The molecular formula is C10H18O2. The van der Waals surface area contributed by atoms with Crippen molar-refractivity contribution < 1.29 is 9.90 Å². The van der Waals surface area contributed by atoms with Crippen molar-refractivity contribution in [2.24, 2.45) is 11.3 Å². The van der Waals surface area contributed by atoms with E-state index in [0.29, 0.717) is 5.92 Å². The zero-order valence-corrected chi connectivity index (χ0v) is 7.97. The molecule has 1 N–H and O–H groups in total. The van der Waals surface area contributed by atoms with E-state index < -0.39 is 5.97 Å². The lowest BCUT2D eigenvalue weighted by Crippen LogP contribution is -2.33. The van der Waals surface area contributed by atoms with Crippen LogP contribution in [0.4, 0.5) is 0 Å². The van der Waals surface area contributed by atoms with Crippen LogP contribution in [0.2, 0.25) is 0 Å². The maximum Gasteiger partial charge on any atom is 0.309 e. The average Bonchev–Trinajstić information content (AvgIpc) is 2.34. The topological polar surface area (TPSA) is 37.3 Å². The second-order valence-corrected chi connectivity index (χ2v) is 4.00. The van der Waals surface area contributed by atoms with E-state index in [1.807, 2.05) is 0 Å². The van der Waals surface area contributed by atoms with Crippen LogP contribution in [0.15, 0.2) is 0 Å². The number of hydrogen-bond donors (Lipinski definition) is 1. The normalized spacial score (nSPS) is 35.3. The molecule has 0 aromatic heterocycles. The van der Waals surface area contributed by atoms with Crippen molar-refractivity contribution >= 4 is 5.97 Å². The summed E-state index contributed by atoms with van der Waals surface area (Å²) in [5, 5.41) is 9.17. The Hall–Kier alpha value is -0.530. The second-order valence-electron chi connectivity index (χ2n) is 4.00. The van der Waals surface area contributed by atoms with Gasteiger partial charge in [0.05, 0.1) is 5.41 Å². The van der Waals surface area contributed by atoms with Crippen LogP contribution in [-0.4, -0.2) is 11.1 Å². The highest BCUT2D eigenvalue weighted by Gasteiger charge is 2.45. The predicted octanol–water partition coefficient (Wildman–Crippen LogP) is 2.68. The highest BCUT2D eigenvalue weighted by Crippen LogP contribution is 2.46. The monoisotopic (exact) mass is 170 g/mol. The largest absolute Gasteiger partial charge is 0.481 e. The van der Waals surface area contributed by atoms with E-state index in [9.17, 15) is 4.79 Å². The quantitative estimate of drug-likeness (QED) is 0.707. The molecule has 0 spiro atoms. The minimum absolute atomic E-state index is 0.370. The molecule has 2 atom stereocenters. The van der Waals surface area contributed by atoms with Crippen molar-refractivity contribution in [1.82, 2.24) is 0 Å². The van der Waals surface area contributed by atoms with Gasteiger partial charge in [0.2, 0.25) is 0 Å². The molecule has 2 nitrogen and oxygen atoms in total. The lowest BCUT2D eigenvalue weighted by Gasteiger charge is -2.28. The van der Waals surface area contributed by atoms with Crippen LogP contribution in [0.1, 0.15) is 46.0 Å². The van der Waals surface area contributed by atoms with Gasteiger partial charge >= 0.3 is 5.97 Å². The van der Waals surface area contributed by atoms with Crippen LogP contribution in [0.5, 0.6) is 0 Å². The third-order valence-electron chi connectivity index (χ3n) is 3.33. The van der Waals surface area contributed by atoms with E-state index in [2.05, 4.69) is 13.8 Å². The first-order valence-corrected chi connectivity index (χ1v) is 4.87. The lowest BCUT2D eigenvalue weighted by atomic mass is 9.75. The van der Waals surface area contributed by atoms with Gasteiger partial charge in [0.25, 0.3) is 0 Å². The summed E-state index contributed by atoms with van der Waals surface area (Å²) >= 11 is 0. The fourth-order valence-electron chi connectivity index (χ4n) is 2.49. The third-order valence-corrected chi connectivity index (χ3v) is 3.33. The van der Waals surface area contributed by atoms with Crippen LogP contribution in [0.3, 0.4) is 0 Å². The van der Waals surface area contributed by atoms with Gasteiger partial charge in [-0.25, -0.2) is 0 Å². The standard InChI is InChI=1S/C10H18O2/c1-3-6-10(9(11)12)7-4-5-8(10)2/h8H,3-7H2,1-2H3,(H,11,12). The fourth-order valence-corrected chi connectivity index (χ4v) is 2.49. The molecule has 1 aliphatic rings. The lowest BCUT2D eigenvalue weighted by molar-refractivity contribution is -0.151. The summed E-state index contributed by atoms with van der Waals surface area (Å²) in [6, 6.07) is 0. The molecule has 1 fully saturated rings. The van der Waals surface area contributed by atoms with E-state index in [-0.39, 0.29) is 5.41 Å². The van der Waals surface area contributed by atoms with Crippen molar-refractivity contribution in [3.05, 3.63) is 0 Å². The maximum absolute atomic E-state index is 11.1. The Morgan fingerprint density at radius 1 is 1.67 bits per heavy atom. The molecule has 0 bridgehead atoms. The fraction of sp³-hybridized carbons (Fsp3) is 0.900. The van der Waals surface area contributed by atoms with Gasteiger partial charge in [0, 0.05) is 0 Å². The van der Waals surface area contributed by atoms with E-state index >= 15 is 0 Å². The van der Waals surface area contributed by atoms with Gasteiger partial charge in [-0.3, -0.25) is 4.79 Å². The third kappa shape index (κ3) is 1.35. The van der Waals surface area contributed by atoms with E-state index in [1.54, 1.807) is 0 Å². The number of carbonyl (C=O) groups is 1. The minimum Gasteiger partial charge on any atom is -0.481 e. The van der Waals surface area contributed by atoms with Gasteiger partial charge in [-0.15, -0.1) is 0 Å². The zero-order chi connectivity index (χ0) is 9.19. The first kappa shape index (κ1) is 9.56. The minimum atomic E-state index is -0.575. The Labute approximate surface area is 74.0 Å². The van der Waals surface area contributed by atoms with Gasteiger partial charge < -0.3 is 5.11 Å². The molecule has 70 valence electrons. The maximum atomic E-state index is 11.1. The Morgan fingerprint density at radius 3 is 2.67 bits per heavy atom. The Morgan fingerprint density at radius 2 is 2.33 bits per heavy atom. The summed E-state index contributed by atoms with van der Waals surface area (Å²) in [6.07, 6.45) is 4.90. The number of rotatable bonds is 3. The molecular weight excluding hydrogens is 152 g/mol. The molecule has 2 unspecified atom stereocenters. The number of hydrogen-bond acceptors (Lipinski definition) is 1. The van der Waals surface area contributed by atoms with Crippen molar-refractivity contribution in [2.45, 2.75) is 46.0 Å². The summed E-state index contributed by atoms with van der Waals surface area (Å²) < 4.78 is 0. The van der Waals surface area contributed by atoms with Crippen molar-refractivity contribution in [3.63, 3.8) is 0 Å². The molecule has 0 heterocycles. The van der Waals surface area contributed by atoms with Crippen molar-refractivity contribution in [3.8, 4) is 0 Å². The van der Waals surface area contributed by atoms with Gasteiger partial charge in [-0.2, -0.15) is 0 Å². The molecule has 1 saturated carbocycles. The SMILES string of the molecule is CCCC1(C(=O)O)CCCC1C. The molecule has 0 aromatic carbocycles. The summed E-state index contributed by atoms with van der Waals surface area (Å²) in [4.78, 5) is 11.1. The molecule has 0 aliphatic heterocycles. The molecule has 0 amide bonds. The predicted molar refractivity (Wildman–Crippen MR) is 48.0 cm³/mol. The first-order valence-electron chi connectivity index (χ1n) is 4.87. The smallest absolute Gasteiger partial charge is 0.309 e. The highest BCUT2D eigenvalue weighted by molar-refractivity contribution is 5.75. The summed E-state index contributed by atoms with van der Waals surface area (Å²) in [7, 11) is 0. The molecule has 12 heavy (non-hydrogen) atoms. The number of carboxylic acid groups (broad SMARTS) is 1. The Kier molecular flexibility index (Phi) is 2.76. The van der Waals surface area contributed by atoms with E-state index in [0.717, 1.165) is 32.1 Å². The molecule has 0 aromatic rings. The van der Waals surface area contributed by atoms with Crippen molar-refractivity contribution in [2.75, 3.05) is 0 Å². The van der Waals surface area contributed by atoms with E-state index in [1.165, 1.54) is 0 Å². The first-order chi connectivity index (χ1) is 5.63. The Balaban J connectivity index is 2.77. The summed E-state index contributed by atoms with van der Waals surface area (Å²) in [5.74, 6) is -0.204. The number of aliphatic carboxylic acids is 1. The second kappa shape index (κ2) is 3.46. The molecule has 1 rings (SSSR count). The van der Waals surface area contributed by atoms with Crippen LogP contribution >= 0.6 is 0 Å². The van der Waals surface area contributed by atoms with Crippen LogP contribution in [0.25, 0.3) is 0 Å². The van der Waals surface area contributed by atoms with Crippen molar-refractivity contribution in [1.29, 1.82) is 0 Å². The Bertz CT molecular complexity index is 177. The average molecular weight is 170 g/mol. The van der Waals surface area contributed by atoms with Crippen LogP contribution in [-0.2, 0) is 4.79 Å². The molecule has 0 saturated heterocycles. The zero-order valence-electron chi connectivity index (χ0n) is 7.97. The van der Waals surface area contributed by atoms with Gasteiger partial charge in [-0.1, -0.05) is 26.7 Å². The summed E-state index contributed by atoms with van der Waals surface area (Å²) in [5.41, 5.74) is -0.380. The van der Waals surface area contributed by atoms with Gasteiger partial charge in [-0.05, 0) is 25.2 Å². The highest BCUT2D eigenvalue weighted by atomic mass is 16.4. The molecule has 2 heteroatoms. The van der Waals surface area contributed by atoms with Gasteiger partial charge in [0.1, 0.15) is 0 Å².